The second-order valence-electron chi connectivity index (χ2n) is 7.27. The van der Waals surface area contributed by atoms with Gasteiger partial charge in [-0.2, -0.15) is 4.31 Å². The molecule has 1 saturated carbocycles. The molecule has 9 heteroatoms. The van der Waals surface area contributed by atoms with Gasteiger partial charge in [0.05, 0.1) is 19.0 Å². The van der Waals surface area contributed by atoms with Crippen LogP contribution in [0.2, 0.25) is 0 Å². The highest BCUT2D eigenvalue weighted by atomic mass is 32.2. The van der Waals surface area contributed by atoms with Gasteiger partial charge in [-0.05, 0) is 24.7 Å². The summed E-state index contributed by atoms with van der Waals surface area (Å²) < 4.78 is 29.9. The molecule has 2 rings (SSSR count). The summed E-state index contributed by atoms with van der Waals surface area (Å²) in [6.07, 6.45) is 4.34. The Morgan fingerprint density at radius 3 is 2.60 bits per heavy atom. The van der Waals surface area contributed by atoms with Crippen LogP contribution in [0.5, 0.6) is 0 Å². The zero-order valence-electron chi connectivity index (χ0n) is 14.9. The minimum absolute atomic E-state index is 0.0601. The molecule has 0 aromatic heterocycles. The van der Waals surface area contributed by atoms with Crippen molar-refractivity contribution in [2.24, 2.45) is 11.8 Å². The van der Waals surface area contributed by atoms with Crippen molar-refractivity contribution in [1.29, 1.82) is 0 Å². The maximum atomic E-state index is 12.5. The molecular formula is C16H28N2O6S. The van der Waals surface area contributed by atoms with Gasteiger partial charge < -0.3 is 14.7 Å². The Hall–Kier alpha value is -1.19. The van der Waals surface area contributed by atoms with Crippen molar-refractivity contribution < 1.29 is 27.9 Å². The molecule has 1 aliphatic heterocycles. The first-order chi connectivity index (χ1) is 11.6. The first-order valence-corrected chi connectivity index (χ1v) is 10.6. The zero-order valence-corrected chi connectivity index (χ0v) is 15.7. The third kappa shape index (κ3) is 6.23. The van der Waals surface area contributed by atoms with E-state index in [0.29, 0.717) is 38.0 Å². The lowest BCUT2D eigenvalue weighted by Crippen LogP contribution is -2.51. The van der Waals surface area contributed by atoms with Crippen LogP contribution < -0.4 is 0 Å². The lowest BCUT2D eigenvalue weighted by molar-refractivity contribution is -0.142. The van der Waals surface area contributed by atoms with E-state index in [2.05, 4.69) is 6.92 Å². The molecule has 3 unspecified atom stereocenters. The minimum Gasteiger partial charge on any atom is -0.480 e. The van der Waals surface area contributed by atoms with E-state index in [9.17, 15) is 18.0 Å². The molecule has 0 aromatic carbocycles. The van der Waals surface area contributed by atoms with Gasteiger partial charge in [0.25, 0.3) is 0 Å². The second-order valence-corrected chi connectivity index (χ2v) is 9.25. The average Bonchev–Trinajstić information content (AvgIpc) is 2.90. The van der Waals surface area contributed by atoms with Crippen LogP contribution in [0, 0.1) is 11.8 Å². The fourth-order valence-corrected chi connectivity index (χ4v) is 4.42. The van der Waals surface area contributed by atoms with E-state index in [1.807, 2.05) is 0 Å². The summed E-state index contributed by atoms with van der Waals surface area (Å²) in [5, 5.41) is 8.89. The minimum atomic E-state index is -3.65. The lowest BCUT2D eigenvalue weighted by atomic mass is 10.0. The quantitative estimate of drug-likeness (QED) is 0.689. The molecule has 2 aliphatic rings. The summed E-state index contributed by atoms with van der Waals surface area (Å²) in [6, 6.07) is 0. The third-order valence-corrected chi connectivity index (χ3v) is 6.16. The highest BCUT2D eigenvalue weighted by molar-refractivity contribution is 7.88. The Kier molecular flexibility index (Phi) is 6.81. The van der Waals surface area contributed by atoms with Crippen LogP contribution in [0.4, 0.5) is 0 Å². The van der Waals surface area contributed by atoms with Gasteiger partial charge in [0, 0.05) is 26.1 Å². The fourth-order valence-electron chi connectivity index (χ4n) is 3.64. The van der Waals surface area contributed by atoms with Gasteiger partial charge in [-0.25, -0.2) is 8.42 Å². The molecule has 0 spiro atoms. The lowest BCUT2D eigenvalue weighted by Gasteiger charge is -2.35. The summed E-state index contributed by atoms with van der Waals surface area (Å²) in [6.45, 7) is 2.67. The van der Waals surface area contributed by atoms with E-state index in [1.165, 1.54) is 6.42 Å². The van der Waals surface area contributed by atoms with Crippen molar-refractivity contribution in [3.63, 3.8) is 0 Å². The first-order valence-electron chi connectivity index (χ1n) is 8.71. The van der Waals surface area contributed by atoms with Crippen molar-refractivity contribution in [3.05, 3.63) is 0 Å². The third-order valence-electron chi connectivity index (χ3n) is 4.95. The van der Waals surface area contributed by atoms with Crippen molar-refractivity contribution in [3.8, 4) is 0 Å². The predicted octanol–water partition coefficient (Wildman–Crippen LogP) is 0.386. The first kappa shape index (κ1) is 20.1. The molecule has 1 N–H and O–H groups in total. The van der Waals surface area contributed by atoms with Gasteiger partial charge in [-0.1, -0.05) is 13.3 Å². The number of carbonyl (C=O) groups excluding carboxylic acids is 1. The van der Waals surface area contributed by atoms with E-state index in [4.69, 9.17) is 9.84 Å². The summed E-state index contributed by atoms with van der Waals surface area (Å²) in [5.74, 6) is -0.0287. The Labute approximate surface area is 149 Å². The molecule has 3 atom stereocenters. The number of hydrogen-bond donors (Lipinski definition) is 1. The molecule has 1 heterocycles. The summed E-state index contributed by atoms with van der Waals surface area (Å²) in [5.41, 5.74) is 0. The molecule has 0 radical (unpaired) electrons. The number of hydrogen-bond acceptors (Lipinski definition) is 5. The number of amides is 1. The predicted molar refractivity (Wildman–Crippen MR) is 91.5 cm³/mol. The number of sulfonamides is 1. The summed E-state index contributed by atoms with van der Waals surface area (Å²) in [4.78, 5) is 25.1. The van der Waals surface area contributed by atoms with Crippen molar-refractivity contribution in [1.82, 2.24) is 9.21 Å². The molecule has 2 fully saturated rings. The van der Waals surface area contributed by atoms with Crippen LogP contribution >= 0.6 is 0 Å². The van der Waals surface area contributed by atoms with Crippen molar-refractivity contribution in [2.45, 2.75) is 38.7 Å². The maximum Gasteiger partial charge on any atom is 0.318 e. The molecule has 1 saturated heterocycles. The van der Waals surface area contributed by atoms with E-state index in [-0.39, 0.29) is 12.5 Å². The molecule has 1 amide bonds. The molecule has 8 nitrogen and oxygen atoms in total. The van der Waals surface area contributed by atoms with E-state index in [1.54, 1.807) is 4.90 Å². The number of carboxylic acids is 1. The SMILES string of the molecule is CC1CCC(CC(=O)N2CCOC(CN(CC(=O)O)S(C)(=O)=O)C2)C1. The second kappa shape index (κ2) is 8.46. The molecule has 25 heavy (non-hydrogen) atoms. The number of nitrogens with zero attached hydrogens (tertiary/aromatic N) is 2. The topological polar surface area (TPSA) is 104 Å². The number of ether oxygens (including phenoxy) is 1. The maximum absolute atomic E-state index is 12.5. The van der Waals surface area contributed by atoms with Crippen molar-refractivity contribution in [2.75, 3.05) is 39.0 Å². The van der Waals surface area contributed by atoms with E-state index >= 15 is 0 Å². The van der Waals surface area contributed by atoms with Crippen LogP contribution in [0.1, 0.15) is 32.6 Å². The van der Waals surface area contributed by atoms with Gasteiger partial charge in [0.15, 0.2) is 0 Å². The van der Waals surface area contributed by atoms with Crippen LogP contribution in [0.25, 0.3) is 0 Å². The Balaban J connectivity index is 1.90. The number of carboxylic acid groups (broad SMARTS) is 1. The highest BCUT2D eigenvalue weighted by Gasteiger charge is 2.31. The Morgan fingerprint density at radius 1 is 1.32 bits per heavy atom. The van der Waals surface area contributed by atoms with Gasteiger partial charge in [0.1, 0.15) is 6.54 Å². The molecule has 0 bridgehead atoms. The Morgan fingerprint density at radius 2 is 2.04 bits per heavy atom. The summed E-state index contributed by atoms with van der Waals surface area (Å²) >= 11 is 0. The summed E-state index contributed by atoms with van der Waals surface area (Å²) in [7, 11) is -3.65. The van der Waals surface area contributed by atoms with Crippen LogP contribution in [-0.4, -0.2) is 79.8 Å². The van der Waals surface area contributed by atoms with Gasteiger partial charge in [-0.3, -0.25) is 9.59 Å². The molecule has 0 aromatic rings. The van der Waals surface area contributed by atoms with Gasteiger partial charge >= 0.3 is 5.97 Å². The molecular weight excluding hydrogens is 348 g/mol. The monoisotopic (exact) mass is 376 g/mol. The normalized spacial score (nSPS) is 27.6. The Bertz CT molecular complexity index is 593. The average molecular weight is 376 g/mol. The van der Waals surface area contributed by atoms with Crippen LogP contribution in [0.3, 0.4) is 0 Å². The number of aliphatic carboxylic acids is 1. The zero-order chi connectivity index (χ0) is 18.6. The molecule has 144 valence electrons. The van der Waals surface area contributed by atoms with E-state index in [0.717, 1.165) is 23.4 Å². The highest BCUT2D eigenvalue weighted by Crippen LogP contribution is 2.33. The standard InChI is InChI=1S/C16H28N2O6S/c1-12-3-4-13(7-12)8-15(19)17-5-6-24-14(9-17)10-18(11-16(20)21)25(2,22)23/h12-14H,3-11H2,1-2H3,(H,20,21). The number of rotatable bonds is 7. The van der Waals surface area contributed by atoms with Crippen LogP contribution in [-0.2, 0) is 24.3 Å². The molecule has 1 aliphatic carbocycles. The van der Waals surface area contributed by atoms with E-state index < -0.39 is 28.6 Å². The van der Waals surface area contributed by atoms with Crippen molar-refractivity contribution >= 4 is 21.9 Å². The van der Waals surface area contributed by atoms with Gasteiger partial charge in [-0.15, -0.1) is 0 Å². The van der Waals surface area contributed by atoms with Gasteiger partial charge in [0.2, 0.25) is 15.9 Å². The van der Waals surface area contributed by atoms with Crippen LogP contribution in [0.15, 0.2) is 0 Å². The number of morpholine rings is 1. The largest absolute Gasteiger partial charge is 0.480 e. The smallest absolute Gasteiger partial charge is 0.318 e. The fraction of sp³-hybridized carbons (Fsp3) is 0.875. The number of carbonyl (C=O) groups is 2.